The van der Waals surface area contributed by atoms with Gasteiger partial charge in [-0.1, -0.05) is 0 Å². The molecule has 1 amide bonds. The van der Waals surface area contributed by atoms with Gasteiger partial charge in [-0.05, 0) is 19.1 Å². The maximum atomic E-state index is 12.2. The lowest BCUT2D eigenvalue weighted by Gasteiger charge is -2.21. The highest BCUT2D eigenvalue weighted by Crippen LogP contribution is 2.40. The van der Waals surface area contributed by atoms with Crippen molar-refractivity contribution in [1.82, 2.24) is 4.98 Å². The first-order valence-electron chi connectivity index (χ1n) is 7.43. The highest BCUT2D eigenvalue weighted by atomic mass is 32.1. The van der Waals surface area contributed by atoms with E-state index in [0.717, 1.165) is 5.69 Å². The van der Waals surface area contributed by atoms with Crippen LogP contribution in [0, 0.1) is 6.92 Å². The third-order valence-electron chi connectivity index (χ3n) is 3.26. The zero-order valence-electron chi connectivity index (χ0n) is 13.7. The fourth-order valence-electron chi connectivity index (χ4n) is 2.17. The summed E-state index contributed by atoms with van der Waals surface area (Å²) in [5.74, 6) is 0.0854. The molecule has 0 saturated heterocycles. The average Bonchev–Trinajstić information content (AvgIpc) is 3.03. The smallest absolute Gasteiger partial charge is 0.338 e. The number of carbonyl (C=O) groups excluding carboxylic acids is 2. The number of carbonyl (C=O) groups is 2. The van der Waals surface area contributed by atoms with Crippen LogP contribution in [0.5, 0.6) is 17.2 Å². The predicted octanol–water partition coefficient (Wildman–Crippen LogP) is 2.03. The molecule has 1 aromatic carbocycles. The largest absolute Gasteiger partial charge is 0.493 e. The molecule has 0 saturated carbocycles. The number of esters is 1. The van der Waals surface area contributed by atoms with E-state index in [9.17, 15) is 9.59 Å². The summed E-state index contributed by atoms with van der Waals surface area (Å²) in [6, 6.07) is 2.99. The molecule has 1 aromatic heterocycles. The van der Waals surface area contributed by atoms with E-state index in [1.165, 1.54) is 30.6 Å². The highest BCUT2D eigenvalue weighted by molar-refractivity contribution is 7.13. The number of nitrogens with one attached hydrogen (secondary N) is 1. The minimum absolute atomic E-state index is 0.207. The number of hydrogen-bond acceptors (Lipinski definition) is 8. The number of ether oxygens (including phenoxy) is 4. The van der Waals surface area contributed by atoms with Gasteiger partial charge in [0, 0.05) is 5.38 Å². The van der Waals surface area contributed by atoms with E-state index >= 15 is 0 Å². The van der Waals surface area contributed by atoms with Gasteiger partial charge in [0.05, 0.1) is 18.4 Å². The van der Waals surface area contributed by atoms with Crippen molar-refractivity contribution in [1.29, 1.82) is 0 Å². The molecule has 0 radical (unpaired) electrons. The number of hydrogen-bond donors (Lipinski definition) is 1. The molecular weight excluding hydrogens is 348 g/mol. The van der Waals surface area contributed by atoms with Crippen LogP contribution in [0.4, 0.5) is 5.13 Å². The summed E-state index contributed by atoms with van der Waals surface area (Å²) >= 11 is 1.30. The molecule has 1 aliphatic heterocycles. The molecule has 0 aliphatic carbocycles. The minimum Gasteiger partial charge on any atom is -0.493 e. The van der Waals surface area contributed by atoms with Crippen LogP contribution in [-0.4, -0.2) is 43.8 Å². The predicted molar refractivity (Wildman–Crippen MR) is 89.7 cm³/mol. The number of fused-ring (bicyclic) bond motifs is 1. The lowest BCUT2D eigenvalue weighted by Crippen LogP contribution is -2.21. The molecule has 3 rings (SSSR count). The van der Waals surface area contributed by atoms with Crippen molar-refractivity contribution in [2.45, 2.75) is 6.92 Å². The van der Waals surface area contributed by atoms with Gasteiger partial charge in [-0.3, -0.25) is 10.1 Å². The molecule has 0 unspecified atom stereocenters. The summed E-state index contributed by atoms with van der Waals surface area (Å²) in [5, 5.41) is 4.83. The molecule has 1 N–H and O–H groups in total. The van der Waals surface area contributed by atoms with Crippen LogP contribution in [0.3, 0.4) is 0 Å². The molecule has 2 aromatic rings. The Morgan fingerprint density at radius 2 is 2.12 bits per heavy atom. The highest BCUT2D eigenvalue weighted by Gasteiger charge is 2.22. The van der Waals surface area contributed by atoms with Gasteiger partial charge in [0.2, 0.25) is 5.75 Å². The van der Waals surface area contributed by atoms with Gasteiger partial charge in [-0.2, -0.15) is 0 Å². The topological polar surface area (TPSA) is 96.0 Å². The van der Waals surface area contributed by atoms with Gasteiger partial charge in [-0.25, -0.2) is 9.78 Å². The van der Waals surface area contributed by atoms with E-state index in [1.807, 2.05) is 12.3 Å². The number of nitrogens with zero attached hydrogens (tertiary/aromatic N) is 1. The Morgan fingerprint density at radius 3 is 2.84 bits per heavy atom. The Hall–Kier alpha value is -2.81. The number of aryl methyl sites for hydroxylation is 1. The number of aromatic nitrogens is 1. The Bertz CT molecular complexity index is 787. The van der Waals surface area contributed by atoms with Crippen LogP contribution < -0.4 is 19.5 Å². The second kappa shape index (κ2) is 7.39. The quantitative estimate of drug-likeness (QED) is 0.811. The lowest BCUT2D eigenvalue weighted by molar-refractivity contribution is -0.119. The van der Waals surface area contributed by atoms with Gasteiger partial charge in [0.1, 0.15) is 13.2 Å². The van der Waals surface area contributed by atoms with Crippen LogP contribution in [0.15, 0.2) is 17.5 Å². The molecule has 0 bridgehead atoms. The molecule has 2 heterocycles. The van der Waals surface area contributed by atoms with Gasteiger partial charge in [-0.15, -0.1) is 11.3 Å². The number of benzene rings is 1. The summed E-state index contributed by atoms with van der Waals surface area (Å²) < 4.78 is 21.2. The van der Waals surface area contributed by atoms with E-state index in [-0.39, 0.29) is 5.56 Å². The first kappa shape index (κ1) is 17.0. The van der Waals surface area contributed by atoms with Gasteiger partial charge < -0.3 is 18.9 Å². The van der Waals surface area contributed by atoms with Crippen molar-refractivity contribution in [3.63, 3.8) is 0 Å². The Labute approximate surface area is 147 Å². The van der Waals surface area contributed by atoms with Gasteiger partial charge in [0.15, 0.2) is 23.2 Å². The fraction of sp³-hybridized carbons (Fsp3) is 0.312. The first-order valence-corrected chi connectivity index (χ1v) is 8.31. The Kier molecular flexibility index (Phi) is 5.03. The molecule has 0 spiro atoms. The molecular formula is C16H16N2O6S. The molecule has 132 valence electrons. The van der Waals surface area contributed by atoms with E-state index in [2.05, 4.69) is 10.3 Å². The zero-order valence-corrected chi connectivity index (χ0v) is 14.5. The van der Waals surface area contributed by atoms with Crippen LogP contribution in [-0.2, 0) is 9.53 Å². The third kappa shape index (κ3) is 4.00. The molecule has 0 atom stereocenters. The Morgan fingerprint density at radius 1 is 1.32 bits per heavy atom. The second-order valence-corrected chi connectivity index (χ2v) is 5.98. The molecule has 25 heavy (non-hydrogen) atoms. The van der Waals surface area contributed by atoms with Crippen molar-refractivity contribution < 1.29 is 28.5 Å². The SMILES string of the molecule is COc1cc(C(=O)OCC(=O)Nc2nc(C)cs2)cc2c1OCCO2. The second-order valence-electron chi connectivity index (χ2n) is 5.12. The minimum atomic E-state index is -0.666. The van der Waals surface area contributed by atoms with E-state index < -0.39 is 18.5 Å². The molecule has 0 fully saturated rings. The number of amides is 1. The first-order chi connectivity index (χ1) is 12.1. The number of thiazole rings is 1. The van der Waals surface area contributed by atoms with Crippen molar-refractivity contribution in [2.24, 2.45) is 0 Å². The van der Waals surface area contributed by atoms with Gasteiger partial charge in [0.25, 0.3) is 5.91 Å². The van der Waals surface area contributed by atoms with Crippen molar-refractivity contribution in [2.75, 3.05) is 32.2 Å². The summed E-state index contributed by atoms with van der Waals surface area (Å²) in [6.07, 6.45) is 0. The fourth-order valence-corrected chi connectivity index (χ4v) is 2.88. The molecule has 8 nitrogen and oxygen atoms in total. The summed E-state index contributed by atoms with van der Waals surface area (Å²) in [5.41, 5.74) is 1.01. The van der Waals surface area contributed by atoms with Crippen molar-refractivity contribution in [3.05, 3.63) is 28.8 Å². The third-order valence-corrected chi connectivity index (χ3v) is 4.14. The number of anilines is 1. The van der Waals surface area contributed by atoms with Crippen LogP contribution in [0.1, 0.15) is 16.1 Å². The number of methoxy groups -OCH3 is 1. The summed E-state index contributed by atoms with van der Waals surface area (Å²) in [6.45, 7) is 2.18. The normalized spacial score (nSPS) is 12.4. The summed E-state index contributed by atoms with van der Waals surface area (Å²) in [4.78, 5) is 28.1. The molecule has 9 heteroatoms. The Balaban J connectivity index is 1.64. The van der Waals surface area contributed by atoms with Crippen LogP contribution in [0.2, 0.25) is 0 Å². The molecule has 1 aliphatic rings. The standard InChI is InChI=1S/C16H16N2O6S/c1-9-8-25-16(17-9)18-13(19)7-24-15(20)10-5-11(21-2)14-12(6-10)22-3-4-23-14/h5-6,8H,3-4,7H2,1-2H3,(H,17,18,19). The van der Waals surface area contributed by atoms with Crippen molar-refractivity contribution in [3.8, 4) is 17.2 Å². The maximum absolute atomic E-state index is 12.2. The average molecular weight is 364 g/mol. The van der Waals surface area contributed by atoms with Gasteiger partial charge >= 0.3 is 5.97 Å². The van der Waals surface area contributed by atoms with E-state index in [0.29, 0.717) is 35.6 Å². The van der Waals surface area contributed by atoms with Crippen LogP contribution >= 0.6 is 11.3 Å². The number of rotatable bonds is 5. The van der Waals surface area contributed by atoms with E-state index in [1.54, 1.807) is 0 Å². The maximum Gasteiger partial charge on any atom is 0.338 e. The monoisotopic (exact) mass is 364 g/mol. The van der Waals surface area contributed by atoms with Crippen molar-refractivity contribution >= 4 is 28.3 Å². The summed E-state index contributed by atoms with van der Waals surface area (Å²) in [7, 11) is 1.46. The zero-order chi connectivity index (χ0) is 17.8. The lowest BCUT2D eigenvalue weighted by atomic mass is 10.1. The van der Waals surface area contributed by atoms with Crippen LogP contribution in [0.25, 0.3) is 0 Å². The van der Waals surface area contributed by atoms with E-state index in [4.69, 9.17) is 18.9 Å².